The standard InChI is InChI=1S/C18H18BrN/c1-14(17-8-4-5-9-18(17)20)6-2-3-7-15-10-12-16(19)13-11-15/h3-13H,2,20H2,1H3/b7-3+,14-6-. The van der Waals surface area contributed by atoms with Gasteiger partial charge in [0.25, 0.3) is 0 Å². The Labute approximate surface area is 129 Å². The zero-order valence-electron chi connectivity index (χ0n) is 11.5. The molecule has 0 saturated heterocycles. The summed E-state index contributed by atoms with van der Waals surface area (Å²) in [6.07, 6.45) is 7.38. The summed E-state index contributed by atoms with van der Waals surface area (Å²) in [6, 6.07) is 16.2. The van der Waals surface area contributed by atoms with Crippen LogP contribution in [0.4, 0.5) is 5.69 Å². The van der Waals surface area contributed by atoms with Crippen LogP contribution in [0.1, 0.15) is 24.5 Å². The van der Waals surface area contributed by atoms with E-state index in [-0.39, 0.29) is 0 Å². The number of benzene rings is 2. The molecule has 0 aliphatic carbocycles. The number of hydrogen-bond donors (Lipinski definition) is 1. The van der Waals surface area contributed by atoms with Gasteiger partial charge < -0.3 is 5.73 Å². The van der Waals surface area contributed by atoms with Gasteiger partial charge in [-0.3, -0.25) is 0 Å². The van der Waals surface area contributed by atoms with Gasteiger partial charge in [-0.2, -0.15) is 0 Å². The molecule has 2 rings (SSSR count). The molecule has 102 valence electrons. The van der Waals surface area contributed by atoms with Crippen LogP contribution in [0.15, 0.2) is 65.2 Å². The topological polar surface area (TPSA) is 26.0 Å². The van der Waals surface area contributed by atoms with Crippen molar-refractivity contribution < 1.29 is 0 Å². The van der Waals surface area contributed by atoms with Crippen LogP contribution in [0.5, 0.6) is 0 Å². The maximum Gasteiger partial charge on any atom is 0.0390 e. The molecule has 1 nitrogen and oxygen atoms in total. The Balaban J connectivity index is 1.99. The Morgan fingerprint density at radius 1 is 1.10 bits per heavy atom. The molecule has 2 heteroatoms. The van der Waals surface area contributed by atoms with Crippen LogP contribution in [-0.4, -0.2) is 0 Å². The number of allylic oxidation sites excluding steroid dienone is 3. The van der Waals surface area contributed by atoms with E-state index in [1.165, 1.54) is 11.1 Å². The summed E-state index contributed by atoms with van der Waals surface area (Å²) >= 11 is 3.43. The molecule has 0 atom stereocenters. The van der Waals surface area contributed by atoms with Crippen LogP contribution in [0.2, 0.25) is 0 Å². The lowest BCUT2D eigenvalue weighted by atomic mass is 10.0. The molecule has 0 aromatic heterocycles. The van der Waals surface area contributed by atoms with Gasteiger partial charge in [0.05, 0.1) is 0 Å². The Bertz CT molecular complexity index is 624. The fraction of sp³-hybridized carbons (Fsp3) is 0.111. The first-order chi connectivity index (χ1) is 9.66. The number of halogens is 1. The van der Waals surface area contributed by atoms with Crippen LogP contribution in [0.3, 0.4) is 0 Å². The molecule has 0 amide bonds. The lowest BCUT2D eigenvalue weighted by Gasteiger charge is -2.04. The fourth-order valence-electron chi connectivity index (χ4n) is 1.99. The van der Waals surface area contributed by atoms with Crippen LogP contribution in [0.25, 0.3) is 11.6 Å². The number of para-hydroxylation sites is 1. The second-order valence-electron chi connectivity index (χ2n) is 4.66. The van der Waals surface area contributed by atoms with E-state index in [4.69, 9.17) is 5.73 Å². The van der Waals surface area contributed by atoms with Gasteiger partial charge in [-0.1, -0.05) is 64.5 Å². The highest BCUT2D eigenvalue weighted by Gasteiger charge is 1.98. The first-order valence-corrected chi connectivity index (χ1v) is 7.40. The van der Waals surface area contributed by atoms with Crippen molar-refractivity contribution >= 4 is 33.3 Å². The average Bonchev–Trinajstić information content (AvgIpc) is 2.46. The summed E-state index contributed by atoms with van der Waals surface area (Å²) in [4.78, 5) is 0. The fourth-order valence-corrected chi connectivity index (χ4v) is 2.25. The minimum atomic E-state index is 0.832. The lowest BCUT2D eigenvalue weighted by Crippen LogP contribution is -1.90. The first kappa shape index (κ1) is 14.6. The third-order valence-corrected chi connectivity index (χ3v) is 3.65. The molecule has 0 saturated carbocycles. The number of rotatable bonds is 4. The van der Waals surface area contributed by atoms with Gasteiger partial charge in [-0.05, 0) is 48.2 Å². The zero-order valence-corrected chi connectivity index (χ0v) is 13.1. The van der Waals surface area contributed by atoms with E-state index in [0.29, 0.717) is 0 Å². The van der Waals surface area contributed by atoms with Gasteiger partial charge in [-0.15, -0.1) is 0 Å². The molecule has 2 aromatic carbocycles. The summed E-state index contributed by atoms with van der Waals surface area (Å²) in [5.41, 5.74) is 10.3. The summed E-state index contributed by atoms with van der Waals surface area (Å²) < 4.78 is 1.10. The van der Waals surface area contributed by atoms with Crippen molar-refractivity contribution in [3.8, 4) is 0 Å². The van der Waals surface area contributed by atoms with Gasteiger partial charge in [0.2, 0.25) is 0 Å². The lowest BCUT2D eigenvalue weighted by molar-refractivity contribution is 1.39. The largest absolute Gasteiger partial charge is 0.398 e. The van der Waals surface area contributed by atoms with Crippen molar-refractivity contribution in [2.45, 2.75) is 13.3 Å². The molecule has 0 aliphatic heterocycles. The summed E-state index contributed by atoms with van der Waals surface area (Å²) in [5.74, 6) is 0. The molecule has 20 heavy (non-hydrogen) atoms. The number of nitrogen functional groups attached to an aromatic ring is 1. The molecule has 0 radical (unpaired) electrons. The summed E-state index contributed by atoms with van der Waals surface area (Å²) in [5, 5.41) is 0. The van der Waals surface area contributed by atoms with Crippen molar-refractivity contribution in [3.63, 3.8) is 0 Å². The Hall–Kier alpha value is -1.80. The smallest absolute Gasteiger partial charge is 0.0390 e. The second kappa shape index (κ2) is 7.11. The summed E-state index contributed by atoms with van der Waals surface area (Å²) in [6.45, 7) is 2.10. The Morgan fingerprint density at radius 3 is 2.50 bits per heavy atom. The molecule has 0 fully saturated rings. The van der Waals surface area contributed by atoms with Gasteiger partial charge in [-0.25, -0.2) is 0 Å². The van der Waals surface area contributed by atoms with Gasteiger partial charge >= 0.3 is 0 Å². The maximum atomic E-state index is 5.97. The maximum absolute atomic E-state index is 5.97. The van der Waals surface area contributed by atoms with E-state index in [2.05, 4.69) is 59.3 Å². The highest BCUT2D eigenvalue weighted by Crippen LogP contribution is 2.21. The average molecular weight is 328 g/mol. The first-order valence-electron chi connectivity index (χ1n) is 6.60. The Morgan fingerprint density at radius 2 is 1.80 bits per heavy atom. The Kier molecular flexibility index (Phi) is 5.19. The molecule has 2 N–H and O–H groups in total. The molecule has 0 bridgehead atoms. The van der Waals surface area contributed by atoms with E-state index in [1.807, 2.05) is 30.3 Å². The van der Waals surface area contributed by atoms with Crippen molar-refractivity contribution in [2.75, 3.05) is 5.73 Å². The zero-order chi connectivity index (χ0) is 14.4. The minimum absolute atomic E-state index is 0.832. The third kappa shape index (κ3) is 4.10. The van der Waals surface area contributed by atoms with Gasteiger partial charge in [0, 0.05) is 10.2 Å². The highest BCUT2D eigenvalue weighted by molar-refractivity contribution is 9.10. The number of anilines is 1. The third-order valence-electron chi connectivity index (χ3n) is 3.13. The van der Waals surface area contributed by atoms with Crippen LogP contribution >= 0.6 is 15.9 Å². The van der Waals surface area contributed by atoms with E-state index in [0.717, 1.165) is 22.1 Å². The molecular weight excluding hydrogens is 310 g/mol. The van der Waals surface area contributed by atoms with Crippen LogP contribution in [0, 0.1) is 0 Å². The quantitative estimate of drug-likeness (QED) is 0.733. The summed E-state index contributed by atoms with van der Waals surface area (Å²) in [7, 11) is 0. The van der Waals surface area contributed by atoms with Crippen molar-refractivity contribution in [1.82, 2.24) is 0 Å². The van der Waals surface area contributed by atoms with E-state index < -0.39 is 0 Å². The second-order valence-corrected chi connectivity index (χ2v) is 5.58. The van der Waals surface area contributed by atoms with E-state index >= 15 is 0 Å². The van der Waals surface area contributed by atoms with Gasteiger partial charge in [0.15, 0.2) is 0 Å². The molecule has 0 aliphatic rings. The molecule has 0 spiro atoms. The molecule has 0 heterocycles. The van der Waals surface area contributed by atoms with Crippen LogP contribution in [-0.2, 0) is 0 Å². The highest BCUT2D eigenvalue weighted by atomic mass is 79.9. The molecule has 2 aromatic rings. The SMILES string of the molecule is C/C(=C/C/C=C/c1ccc(Br)cc1)c1ccccc1N. The normalized spacial score (nSPS) is 12.0. The number of hydrogen-bond acceptors (Lipinski definition) is 1. The molecular formula is C18H18BrN. The monoisotopic (exact) mass is 327 g/mol. The van der Waals surface area contributed by atoms with E-state index in [1.54, 1.807) is 0 Å². The van der Waals surface area contributed by atoms with Crippen molar-refractivity contribution in [1.29, 1.82) is 0 Å². The van der Waals surface area contributed by atoms with Crippen LogP contribution < -0.4 is 5.73 Å². The predicted octanol–water partition coefficient (Wildman–Crippen LogP) is 5.54. The van der Waals surface area contributed by atoms with E-state index in [9.17, 15) is 0 Å². The van der Waals surface area contributed by atoms with Crippen molar-refractivity contribution in [3.05, 3.63) is 76.3 Å². The number of nitrogens with two attached hydrogens (primary N) is 1. The predicted molar refractivity (Wildman–Crippen MR) is 92.3 cm³/mol. The minimum Gasteiger partial charge on any atom is -0.398 e. The van der Waals surface area contributed by atoms with Crippen molar-refractivity contribution in [2.24, 2.45) is 0 Å². The van der Waals surface area contributed by atoms with Gasteiger partial charge in [0.1, 0.15) is 0 Å². The molecule has 0 unspecified atom stereocenters.